The number of pyridine rings is 1. The molecular weight excluding hydrogens is 667 g/mol. The first kappa shape index (κ1) is 29.2. The van der Waals surface area contributed by atoms with Crippen molar-refractivity contribution in [3.8, 4) is 27.9 Å². The molecule has 0 atom stereocenters. The highest BCUT2D eigenvalue weighted by molar-refractivity contribution is 6.12. The average Bonchev–Trinajstić information content (AvgIpc) is 3.91. The molecule has 0 aliphatic heterocycles. The van der Waals surface area contributed by atoms with Crippen LogP contribution in [0.15, 0.2) is 182 Å². The van der Waals surface area contributed by atoms with Crippen molar-refractivity contribution in [1.82, 2.24) is 4.57 Å². The van der Waals surface area contributed by atoms with Crippen LogP contribution in [0.2, 0.25) is 0 Å². The molecule has 4 heterocycles. The number of hydrogen-bond acceptors (Lipinski definition) is 4. The molecule has 0 fully saturated rings. The van der Waals surface area contributed by atoms with E-state index in [2.05, 4.69) is 78.9 Å². The van der Waals surface area contributed by atoms with Gasteiger partial charge >= 0.3 is 0 Å². The van der Waals surface area contributed by atoms with Crippen LogP contribution >= 0.6 is 0 Å². The monoisotopic (exact) mass is 693 g/mol. The predicted octanol–water partition coefficient (Wildman–Crippen LogP) is 13.2. The summed E-state index contributed by atoms with van der Waals surface area (Å²) in [6.07, 6.45) is 0. The molecule has 0 saturated carbocycles. The Bertz CT molecular complexity index is 3600. The van der Waals surface area contributed by atoms with E-state index >= 15 is 0 Å². The lowest BCUT2D eigenvalue weighted by atomic mass is 9.95. The Balaban J connectivity index is 1.12. The molecule has 0 bridgehead atoms. The van der Waals surface area contributed by atoms with Gasteiger partial charge in [-0.25, -0.2) is 0 Å². The second-order valence-corrected chi connectivity index (χ2v) is 14.0. The maximum absolute atomic E-state index is 14.7. The summed E-state index contributed by atoms with van der Waals surface area (Å²) in [6, 6.07) is 55.6. The van der Waals surface area contributed by atoms with Gasteiger partial charge in [0, 0.05) is 43.1 Å². The highest BCUT2D eigenvalue weighted by Gasteiger charge is 2.18. The van der Waals surface area contributed by atoms with Gasteiger partial charge in [-0.1, -0.05) is 78.9 Å². The molecule has 54 heavy (non-hydrogen) atoms. The van der Waals surface area contributed by atoms with E-state index in [1.165, 1.54) is 0 Å². The smallest absolute Gasteiger partial charge is 0.263 e. The fourth-order valence-electron chi connectivity index (χ4n) is 8.41. The Morgan fingerprint density at radius 3 is 1.28 bits per heavy atom. The summed E-state index contributed by atoms with van der Waals surface area (Å²) in [5, 5.41) is 8.81. The van der Waals surface area contributed by atoms with Crippen molar-refractivity contribution in [3.05, 3.63) is 174 Å². The van der Waals surface area contributed by atoms with Gasteiger partial charge in [-0.15, -0.1) is 0 Å². The van der Waals surface area contributed by atoms with Crippen molar-refractivity contribution in [1.29, 1.82) is 0 Å². The van der Waals surface area contributed by atoms with Gasteiger partial charge in [0.1, 0.15) is 33.5 Å². The Kier molecular flexibility index (Phi) is 5.86. The van der Waals surface area contributed by atoms with Crippen molar-refractivity contribution in [2.24, 2.45) is 0 Å². The van der Waals surface area contributed by atoms with Gasteiger partial charge in [0.25, 0.3) is 5.56 Å². The van der Waals surface area contributed by atoms with Gasteiger partial charge < -0.3 is 13.3 Å². The highest BCUT2D eigenvalue weighted by atomic mass is 16.3. The summed E-state index contributed by atoms with van der Waals surface area (Å²) < 4.78 is 20.3. The minimum Gasteiger partial charge on any atom is -0.456 e. The van der Waals surface area contributed by atoms with E-state index in [9.17, 15) is 4.79 Å². The largest absolute Gasteiger partial charge is 0.456 e. The van der Waals surface area contributed by atoms with E-state index in [-0.39, 0.29) is 5.56 Å². The zero-order valence-corrected chi connectivity index (χ0v) is 28.7. The number of hydrogen-bond donors (Lipinski definition) is 0. The third kappa shape index (κ3) is 4.18. The second-order valence-electron chi connectivity index (χ2n) is 14.0. The van der Waals surface area contributed by atoms with Crippen molar-refractivity contribution < 1.29 is 13.3 Å². The summed E-state index contributed by atoms with van der Waals surface area (Å²) in [4.78, 5) is 14.7. The molecule has 252 valence electrons. The van der Waals surface area contributed by atoms with E-state index in [1.807, 2.05) is 89.5 Å². The molecule has 0 spiro atoms. The number of benzene rings is 8. The first-order chi connectivity index (χ1) is 26.6. The molecule has 0 radical (unpaired) electrons. The Hall–Kier alpha value is -7.37. The third-order valence-corrected chi connectivity index (χ3v) is 11.0. The molecule has 4 aromatic heterocycles. The van der Waals surface area contributed by atoms with Gasteiger partial charge in [-0.05, 0) is 113 Å². The van der Waals surface area contributed by atoms with Crippen LogP contribution in [0.3, 0.4) is 0 Å². The SMILES string of the molecule is O=c1c2ccc(-c3ccc4oc5ccccc5c4c3)cc2c2cc(-c3ccc4oc5ccccc5c4c3)ccc2n1-c1ccc2oc3ccccc3c2c1. The standard InChI is InChI=1S/C49H27NO4/c51-49-36-18-13-28(30-15-20-46-39(25-30)33-7-1-4-10-43(33)52-46)23-37(36)38-24-29(31-16-21-47-40(26-31)34-8-2-5-11-44(34)53-47)14-19-42(38)50(49)32-17-22-48-41(27-32)35-9-3-6-12-45(35)54-48/h1-27H. The minimum atomic E-state index is -0.0773. The molecule has 0 aliphatic carbocycles. The first-order valence-corrected chi connectivity index (χ1v) is 18.0. The summed E-state index contributed by atoms with van der Waals surface area (Å²) >= 11 is 0. The Labute approximate surface area is 306 Å². The van der Waals surface area contributed by atoms with Gasteiger partial charge in [0.15, 0.2) is 0 Å². The summed E-state index contributed by atoms with van der Waals surface area (Å²) in [5.74, 6) is 0. The molecule has 0 aliphatic rings. The van der Waals surface area contributed by atoms with E-state index in [1.54, 1.807) is 0 Å². The highest BCUT2D eigenvalue weighted by Crippen LogP contribution is 2.38. The number of fused-ring (bicyclic) bond motifs is 12. The number of rotatable bonds is 3. The Morgan fingerprint density at radius 1 is 0.315 bits per heavy atom. The normalized spacial score (nSPS) is 12.1. The minimum absolute atomic E-state index is 0.0773. The molecule has 0 amide bonds. The number of para-hydroxylation sites is 3. The van der Waals surface area contributed by atoms with Crippen LogP contribution in [0.1, 0.15) is 0 Å². The number of aromatic nitrogens is 1. The fourth-order valence-corrected chi connectivity index (χ4v) is 8.41. The maximum atomic E-state index is 14.7. The molecular formula is C49H27NO4. The van der Waals surface area contributed by atoms with Crippen LogP contribution in [-0.2, 0) is 0 Å². The zero-order chi connectivity index (χ0) is 35.5. The third-order valence-electron chi connectivity index (χ3n) is 11.0. The number of nitrogens with zero attached hydrogens (tertiary/aromatic N) is 1. The van der Waals surface area contributed by atoms with Crippen LogP contribution in [0.25, 0.3) is 115 Å². The van der Waals surface area contributed by atoms with Crippen molar-refractivity contribution in [2.45, 2.75) is 0 Å². The molecule has 0 N–H and O–H groups in total. The topological polar surface area (TPSA) is 61.4 Å². The lowest BCUT2D eigenvalue weighted by molar-refractivity contribution is 0.668. The fraction of sp³-hybridized carbons (Fsp3) is 0. The molecule has 12 rings (SSSR count). The lowest BCUT2D eigenvalue weighted by Gasteiger charge is -2.16. The summed E-state index contributed by atoms with van der Waals surface area (Å²) in [5.41, 5.74) is 10.8. The second kappa shape index (κ2) is 10.8. The van der Waals surface area contributed by atoms with E-state index in [0.717, 1.165) is 110 Å². The summed E-state index contributed by atoms with van der Waals surface area (Å²) in [7, 11) is 0. The lowest BCUT2D eigenvalue weighted by Crippen LogP contribution is -2.19. The first-order valence-electron chi connectivity index (χ1n) is 18.0. The molecule has 5 heteroatoms. The average molecular weight is 694 g/mol. The Morgan fingerprint density at radius 2 is 0.722 bits per heavy atom. The van der Waals surface area contributed by atoms with Crippen molar-refractivity contribution >= 4 is 87.5 Å². The molecule has 0 unspecified atom stereocenters. The van der Waals surface area contributed by atoms with Crippen LogP contribution < -0.4 is 5.56 Å². The van der Waals surface area contributed by atoms with E-state index < -0.39 is 0 Å². The van der Waals surface area contributed by atoms with Crippen LogP contribution in [0.4, 0.5) is 0 Å². The molecule has 12 aromatic rings. The predicted molar refractivity (Wildman–Crippen MR) is 220 cm³/mol. The van der Waals surface area contributed by atoms with Crippen LogP contribution in [0, 0.1) is 0 Å². The van der Waals surface area contributed by atoms with Crippen LogP contribution in [0.5, 0.6) is 0 Å². The molecule has 8 aromatic carbocycles. The zero-order valence-electron chi connectivity index (χ0n) is 28.7. The molecule has 5 nitrogen and oxygen atoms in total. The van der Waals surface area contributed by atoms with Gasteiger partial charge in [0.2, 0.25) is 0 Å². The molecule has 0 saturated heterocycles. The van der Waals surface area contributed by atoms with Crippen LogP contribution in [-0.4, -0.2) is 4.57 Å². The van der Waals surface area contributed by atoms with Crippen molar-refractivity contribution in [3.63, 3.8) is 0 Å². The number of furan rings is 3. The van der Waals surface area contributed by atoms with Gasteiger partial charge in [0.05, 0.1) is 11.2 Å². The van der Waals surface area contributed by atoms with E-state index in [0.29, 0.717) is 5.39 Å². The summed E-state index contributed by atoms with van der Waals surface area (Å²) in [6.45, 7) is 0. The maximum Gasteiger partial charge on any atom is 0.263 e. The van der Waals surface area contributed by atoms with E-state index in [4.69, 9.17) is 13.3 Å². The van der Waals surface area contributed by atoms with Crippen molar-refractivity contribution in [2.75, 3.05) is 0 Å². The van der Waals surface area contributed by atoms with Gasteiger partial charge in [-0.3, -0.25) is 9.36 Å². The quantitative estimate of drug-likeness (QED) is 0.173. The van der Waals surface area contributed by atoms with Gasteiger partial charge in [-0.2, -0.15) is 0 Å².